The largest absolute Gasteiger partial charge is 1.00 e. The fourth-order valence-corrected chi connectivity index (χ4v) is 20.7. The van der Waals surface area contributed by atoms with Gasteiger partial charge in [0.15, 0.2) is 18.3 Å². The molecule has 1 aliphatic carbocycles. The maximum Gasteiger partial charge on any atom is 0.430 e. The molecule has 0 amide bonds. The third-order valence-corrected chi connectivity index (χ3v) is 27.0. The van der Waals surface area contributed by atoms with Gasteiger partial charge in [0.1, 0.15) is 31.6 Å². The zero-order valence-corrected chi connectivity index (χ0v) is 63.5. The smallest absolute Gasteiger partial charge is 0.430 e. The minimum absolute atomic E-state index is 0. The van der Waals surface area contributed by atoms with Gasteiger partial charge in [0.25, 0.3) is 0 Å². The van der Waals surface area contributed by atoms with E-state index in [-0.39, 0.29) is 35.3 Å². The lowest BCUT2D eigenvalue weighted by Crippen LogP contribution is -3.00. The molecule has 16 rings (SSSR count). The second-order valence-corrected chi connectivity index (χ2v) is 33.6. The molecule has 10 aliphatic rings. The van der Waals surface area contributed by atoms with E-state index in [1.165, 1.54) is 151 Å². The van der Waals surface area contributed by atoms with Crippen LogP contribution in [0.2, 0.25) is 0 Å². The summed E-state index contributed by atoms with van der Waals surface area (Å²) in [6.45, 7) is 21.1. The normalized spacial score (nSPS) is 25.2. The van der Waals surface area contributed by atoms with Gasteiger partial charge in [-0.2, -0.15) is 26.3 Å². The number of aliphatic carboxylic acids is 2. The number of piperidine rings is 9. The summed E-state index contributed by atoms with van der Waals surface area (Å²) in [6, 6.07) is 22.1. The Kier molecular flexibility index (Phi) is 29.1. The minimum atomic E-state index is -5.19. The first-order valence-electron chi connectivity index (χ1n) is 34.4. The number of fused-ring (bicyclic) bond motifs is 9. The van der Waals surface area contributed by atoms with E-state index in [9.17, 15) is 56.0 Å². The fourth-order valence-electron chi connectivity index (χ4n) is 15.6. The predicted molar refractivity (Wildman–Crippen MR) is 374 cm³/mol. The van der Waals surface area contributed by atoms with Crippen molar-refractivity contribution in [3.05, 3.63) is 159 Å². The highest BCUT2D eigenvalue weighted by molar-refractivity contribution is 7.13. The average molecular weight is 1600 g/mol. The Balaban J connectivity index is 0.000000177. The van der Waals surface area contributed by atoms with Gasteiger partial charge in [-0.05, 0) is 107 Å². The van der Waals surface area contributed by atoms with Crippen molar-refractivity contribution in [2.75, 3.05) is 78.5 Å². The van der Waals surface area contributed by atoms with Crippen LogP contribution < -0.4 is 27.2 Å². The Hall–Kier alpha value is -5.15. The molecular formula is C73H90BrF6N3O13S6. The van der Waals surface area contributed by atoms with Gasteiger partial charge >= 0.3 is 30.3 Å². The fraction of sp³-hybridized carbons (Fsp3) is 0.548. The summed E-state index contributed by atoms with van der Waals surface area (Å²) >= 11 is 8.36. The number of alkyl halides is 6. The van der Waals surface area contributed by atoms with Crippen molar-refractivity contribution in [3.8, 4) is 0 Å². The minimum Gasteiger partial charge on any atom is -1.00 e. The predicted octanol–water partition coefficient (Wildman–Crippen LogP) is 9.10. The lowest BCUT2D eigenvalue weighted by molar-refractivity contribution is -0.946. The third kappa shape index (κ3) is 20.1. The number of carboxylic acid groups (broad SMARTS) is 2. The Bertz CT molecular complexity index is 3490. The van der Waals surface area contributed by atoms with Gasteiger partial charge < -0.3 is 79.8 Å². The first-order valence-corrected chi connectivity index (χ1v) is 39.7. The molecule has 6 aromatic heterocycles. The number of carbonyl (C=O) groups excluding carboxylic acids is 5. The zero-order chi connectivity index (χ0) is 72.9. The molecule has 0 unspecified atom stereocenters. The van der Waals surface area contributed by atoms with Crippen molar-refractivity contribution in [2.24, 2.45) is 23.7 Å². The van der Waals surface area contributed by atoms with Crippen molar-refractivity contribution in [1.82, 2.24) is 0 Å². The number of nitrogens with zero attached hydrogens (tertiary/aromatic N) is 3. The Morgan fingerprint density at radius 3 is 1.04 bits per heavy atom. The summed E-state index contributed by atoms with van der Waals surface area (Å²) < 4.78 is 84.4. The van der Waals surface area contributed by atoms with Crippen LogP contribution in [0.5, 0.6) is 0 Å². The number of hydrogen-bond donors (Lipinski definition) is 3. The van der Waals surface area contributed by atoms with Gasteiger partial charge in [0.2, 0.25) is 16.8 Å². The molecule has 9 saturated heterocycles. The van der Waals surface area contributed by atoms with Crippen molar-refractivity contribution < 1.29 is 120 Å². The quantitative estimate of drug-likeness (QED) is 0.0202. The van der Waals surface area contributed by atoms with Crippen LogP contribution in [0.15, 0.2) is 129 Å². The standard InChI is InChI=1S/C26H36NO3S2.C23H30NO3S2.C20H24NO3S2.2C2HF3O2.BrH/c28-25(26(29,23-10-5-17-31-23)24-11-6-18-32-24)30-22-19-27(15-12-21(22)13-16-27)14-4-9-20-7-2-1-3-8-20;1-17(2)6-3-11-24-12-9-18(10-13-24)19(16-24)27-22(25)23(26,20-7-4-14-28-20)21-8-5-15-29-21;1-2-9-21-10-7-15(8-11-21)16(14-21)24-19(22)20(23,17-5-3-12-25-17)18-6-4-13-26-18;2*3-2(4,5)1(6)7;/h5-6,10-11,17-18,20-22,29H,1-4,7-9,12-16,19H2;4-8,14-15,18-19,26H,3,9-13,16H2,1-2H3;2-6,12-13,15-16,23H,1,7-11,14H2;2*(H,6,7);1H/q3*+1;;;/p-3/t21?,22-,27?;18?,19-,24?;15?,16-,21?;;;/m000.../s1. The number of ether oxygens (including phenoxy) is 3. The first-order chi connectivity index (χ1) is 48.0. The van der Waals surface area contributed by atoms with Crippen molar-refractivity contribution in [3.63, 3.8) is 0 Å². The number of thiophene rings is 6. The second kappa shape index (κ2) is 36.0. The molecule has 3 atom stereocenters. The maximum absolute atomic E-state index is 13.5. The number of halogens is 7. The topological polar surface area (TPSA) is 220 Å². The lowest BCUT2D eigenvalue weighted by Gasteiger charge is -2.52. The molecule has 1 saturated carbocycles. The monoisotopic (exact) mass is 1600 g/mol. The number of carboxylic acids is 2. The van der Waals surface area contributed by atoms with E-state index in [0.717, 1.165) is 110 Å². The number of aliphatic hydroxyl groups is 3. The number of allylic oxidation sites excluding steroid dienone is 1. The molecular weight excluding hydrogens is 1510 g/mol. The summed E-state index contributed by atoms with van der Waals surface area (Å²) in [5, 5.41) is 63.4. The molecule has 9 aliphatic heterocycles. The van der Waals surface area contributed by atoms with E-state index in [4.69, 9.17) is 34.0 Å². The van der Waals surface area contributed by atoms with Crippen LogP contribution in [-0.4, -0.2) is 168 Å². The van der Waals surface area contributed by atoms with Crippen LogP contribution in [0.25, 0.3) is 0 Å². The lowest BCUT2D eigenvalue weighted by atomic mass is 9.82. The highest BCUT2D eigenvalue weighted by atomic mass is 79.9. The van der Waals surface area contributed by atoms with Crippen LogP contribution in [0.3, 0.4) is 0 Å². The van der Waals surface area contributed by atoms with Gasteiger partial charge in [-0.1, -0.05) is 86.7 Å². The van der Waals surface area contributed by atoms with E-state index >= 15 is 0 Å². The van der Waals surface area contributed by atoms with Gasteiger partial charge in [-0.25, -0.2) is 14.4 Å². The first kappa shape index (κ1) is 82.5. The molecule has 3 N–H and O–H groups in total. The summed E-state index contributed by atoms with van der Waals surface area (Å²) in [7, 11) is 0. The van der Waals surface area contributed by atoms with Crippen molar-refractivity contribution in [1.29, 1.82) is 0 Å². The van der Waals surface area contributed by atoms with E-state index in [1.54, 1.807) is 12.1 Å². The maximum atomic E-state index is 13.5. The number of hydrogen-bond acceptors (Lipinski definition) is 19. The molecule has 29 heteroatoms. The van der Waals surface area contributed by atoms with Crippen molar-refractivity contribution >= 4 is 97.9 Å². The third-order valence-electron chi connectivity index (χ3n) is 21.2. The number of carbonyl (C=O) groups is 5. The van der Waals surface area contributed by atoms with E-state index < -0.39 is 59.0 Å². The van der Waals surface area contributed by atoms with E-state index in [2.05, 4.69) is 26.5 Å². The van der Waals surface area contributed by atoms with Crippen LogP contribution in [-0.2, 0) is 55.0 Å². The molecule has 0 aromatic carbocycles. The molecule has 10 fully saturated rings. The van der Waals surface area contributed by atoms with E-state index in [1.807, 2.05) is 99.0 Å². The highest BCUT2D eigenvalue weighted by Gasteiger charge is 2.55. The number of rotatable bonds is 21. The SMILES string of the molecule is C=CC[N+]12CCC(CC1)[C@@H](OC(=O)C(O)(c1cccs1)c1cccs1)C2.CC(C)=CCC[N+]12CCC(CC1)[C@@H](OC(=O)C(O)(c1cccs1)c1cccs1)C2.O=C(O[C@H]1C[N+]2(CCCC3CCCCC3)CCC1CC2)C(O)(c1cccs1)c1cccs1.O=C([O-])C(F)(F)F.O=C([O-])C(F)(F)F.[Br-]. The summed E-state index contributed by atoms with van der Waals surface area (Å²) in [4.78, 5) is 61.3. The highest BCUT2D eigenvalue weighted by Crippen LogP contribution is 2.45. The Morgan fingerprint density at radius 2 is 0.775 bits per heavy atom. The summed E-state index contributed by atoms with van der Waals surface area (Å²) in [5.41, 5.74) is -3.76. The molecule has 15 heterocycles. The Morgan fingerprint density at radius 1 is 0.490 bits per heavy atom. The summed E-state index contributed by atoms with van der Waals surface area (Å²) in [5.74, 6) is -5.39. The average Bonchev–Trinajstić information content (AvgIpc) is 1.77. The zero-order valence-electron chi connectivity index (χ0n) is 57.0. The van der Waals surface area contributed by atoms with Gasteiger partial charge in [-0.15, -0.1) is 68.0 Å². The second-order valence-electron chi connectivity index (χ2n) is 28.0. The molecule has 0 radical (unpaired) electrons. The van der Waals surface area contributed by atoms with Crippen molar-refractivity contribution in [2.45, 2.75) is 151 Å². The van der Waals surface area contributed by atoms with Crippen LogP contribution in [0.4, 0.5) is 26.3 Å². The van der Waals surface area contributed by atoms with Gasteiger partial charge in [-0.3, -0.25) is 0 Å². The number of quaternary nitrogens is 3. The molecule has 6 bridgehead atoms. The Labute approximate surface area is 626 Å². The molecule has 6 aromatic rings. The molecule has 16 nitrogen and oxygen atoms in total. The van der Waals surface area contributed by atoms with Crippen LogP contribution in [0, 0.1) is 23.7 Å². The molecule has 102 heavy (non-hydrogen) atoms. The number of esters is 3. The van der Waals surface area contributed by atoms with E-state index in [0.29, 0.717) is 47.0 Å². The molecule has 560 valence electrons. The molecule has 0 spiro atoms. The summed E-state index contributed by atoms with van der Waals surface area (Å²) in [6.07, 6.45) is 11.0. The van der Waals surface area contributed by atoms with Gasteiger partial charge in [0.05, 0.1) is 88.2 Å². The van der Waals surface area contributed by atoms with Crippen LogP contribution >= 0.6 is 68.0 Å². The van der Waals surface area contributed by atoms with Crippen LogP contribution in [0.1, 0.15) is 133 Å². The van der Waals surface area contributed by atoms with Gasteiger partial charge in [0, 0.05) is 62.7 Å².